The fourth-order valence-corrected chi connectivity index (χ4v) is 2.89. The molecule has 0 spiro atoms. The molecule has 11 heteroatoms. The number of nitrogens with one attached hydrogen (secondary N) is 1. The van der Waals surface area contributed by atoms with Gasteiger partial charge in [0.05, 0.1) is 20.1 Å². The van der Waals surface area contributed by atoms with E-state index in [1.807, 2.05) is 0 Å². The number of ether oxygens (including phenoxy) is 1. The summed E-state index contributed by atoms with van der Waals surface area (Å²) in [6.07, 6.45) is -5.59. The van der Waals surface area contributed by atoms with Crippen molar-refractivity contribution in [3.05, 3.63) is 34.0 Å². The number of aromatic amines is 1. The maximum Gasteiger partial charge on any atom is 0.411 e. The van der Waals surface area contributed by atoms with E-state index < -0.39 is 24.8 Å². The number of pyridine rings is 1. The molecule has 0 amide bonds. The minimum Gasteiger partial charge on any atom is -0.471 e. The Labute approximate surface area is 151 Å². The standard InChI is InChI=1S/C16H17F3N6O2/c1-8-6-10(7-9(2)21-8)11-12-23-24(5-4-16(17,18)19)15(26)25(12)14(20)22-13(11)27-3/h6-7H,4-5H2,1-3H3,(H2,20,22)/p+1. The number of aryl methyl sites for hydroxylation is 3. The topological polar surface area (TPSA) is 102 Å². The van der Waals surface area contributed by atoms with Gasteiger partial charge in [-0.05, 0) is 31.5 Å². The van der Waals surface area contributed by atoms with Gasteiger partial charge < -0.3 is 4.74 Å². The highest BCUT2D eigenvalue weighted by Gasteiger charge is 2.30. The quantitative estimate of drug-likeness (QED) is 0.736. The smallest absolute Gasteiger partial charge is 0.411 e. The number of hydrogen-bond donors (Lipinski definition) is 1. The van der Waals surface area contributed by atoms with Crippen LogP contribution in [0, 0.1) is 13.8 Å². The van der Waals surface area contributed by atoms with E-state index in [0.29, 0.717) is 11.1 Å². The molecular formula is C16H18F3N6O2+. The molecule has 0 aliphatic heterocycles. The average Bonchev–Trinajstić information content (AvgIpc) is 2.88. The fraction of sp³-hybridized carbons (Fsp3) is 0.375. The molecule has 0 saturated heterocycles. The highest BCUT2D eigenvalue weighted by atomic mass is 19.4. The van der Waals surface area contributed by atoms with Crippen LogP contribution in [0.4, 0.5) is 19.1 Å². The van der Waals surface area contributed by atoms with Crippen molar-refractivity contribution in [2.24, 2.45) is 0 Å². The first-order valence-corrected chi connectivity index (χ1v) is 8.01. The third-order valence-corrected chi connectivity index (χ3v) is 3.95. The van der Waals surface area contributed by atoms with Crippen molar-refractivity contribution in [3.8, 4) is 17.0 Å². The summed E-state index contributed by atoms with van der Waals surface area (Å²) >= 11 is 0. The van der Waals surface area contributed by atoms with E-state index in [2.05, 4.69) is 15.1 Å². The lowest BCUT2D eigenvalue weighted by Crippen LogP contribution is -2.28. The van der Waals surface area contributed by atoms with Gasteiger partial charge >= 0.3 is 17.8 Å². The number of nitrogens with two attached hydrogens (primary N) is 1. The second-order valence-corrected chi connectivity index (χ2v) is 6.09. The third kappa shape index (κ3) is 3.57. The number of nitrogen functional groups attached to an aromatic ring is 1. The number of hydrogen-bond acceptors (Lipinski definition) is 5. The summed E-state index contributed by atoms with van der Waals surface area (Å²) in [6.45, 7) is 2.99. The predicted molar refractivity (Wildman–Crippen MR) is 90.3 cm³/mol. The first kappa shape index (κ1) is 18.7. The molecule has 0 radical (unpaired) electrons. The van der Waals surface area contributed by atoms with Gasteiger partial charge in [-0.25, -0.2) is 9.78 Å². The molecule has 27 heavy (non-hydrogen) atoms. The Balaban J connectivity index is 2.29. The van der Waals surface area contributed by atoms with Crippen LogP contribution in [-0.2, 0) is 6.54 Å². The van der Waals surface area contributed by atoms with Gasteiger partial charge in [0.2, 0.25) is 5.65 Å². The molecular weight excluding hydrogens is 365 g/mol. The number of aromatic nitrogens is 5. The third-order valence-electron chi connectivity index (χ3n) is 3.95. The molecule has 3 N–H and O–H groups in total. The lowest BCUT2D eigenvalue weighted by atomic mass is 10.1. The van der Waals surface area contributed by atoms with E-state index in [9.17, 15) is 18.0 Å². The molecule has 3 aromatic rings. The Morgan fingerprint density at radius 3 is 2.44 bits per heavy atom. The second-order valence-electron chi connectivity index (χ2n) is 6.09. The van der Waals surface area contributed by atoms with Crippen LogP contribution in [0.1, 0.15) is 17.8 Å². The van der Waals surface area contributed by atoms with Crippen LogP contribution in [0.15, 0.2) is 16.9 Å². The Morgan fingerprint density at radius 2 is 1.89 bits per heavy atom. The molecule has 3 rings (SSSR count). The minimum absolute atomic E-state index is 0.0975. The zero-order chi connectivity index (χ0) is 19.9. The summed E-state index contributed by atoms with van der Waals surface area (Å²) in [5, 5.41) is 4.09. The van der Waals surface area contributed by atoms with E-state index >= 15 is 0 Å². The molecule has 3 aromatic heterocycles. The number of H-pyrrole nitrogens is 1. The van der Waals surface area contributed by atoms with Gasteiger partial charge in [-0.3, -0.25) is 10.7 Å². The van der Waals surface area contributed by atoms with E-state index in [0.717, 1.165) is 20.5 Å². The number of rotatable bonds is 4. The van der Waals surface area contributed by atoms with Gasteiger partial charge in [-0.15, -0.1) is 9.50 Å². The van der Waals surface area contributed by atoms with E-state index in [4.69, 9.17) is 10.5 Å². The Kier molecular flexibility index (Phi) is 4.54. The molecule has 8 nitrogen and oxygen atoms in total. The molecule has 3 heterocycles. The molecule has 0 aliphatic rings. The van der Waals surface area contributed by atoms with E-state index in [1.54, 1.807) is 26.0 Å². The summed E-state index contributed by atoms with van der Waals surface area (Å²) in [5.41, 5.74) is 7.70. The first-order chi connectivity index (χ1) is 12.6. The summed E-state index contributed by atoms with van der Waals surface area (Å²) in [7, 11) is 1.41. The number of anilines is 1. The summed E-state index contributed by atoms with van der Waals surface area (Å²) in [6, 6.07) is 3.52. The van der Waals surface area contributed by atoms with Crippen LogP contribution in [0.2, 0.25) is 0 Å². The van der Waals surface area contributed by atoms with Crippen molar-refractivity contribution in [3.63, 3.8) is 0 Å². The summed E-state index contributed by atoms with van der Waals surface area (Å²) in [4.78, 5) is 19.6. The molecule has 0 atom stereocenters. The van der Waals surface area contributed by atoms with Crippen LogP contribution in [0.3, 0.4) is 0 Å². The van der Waals surface area contributed by atoms with Gasteiger partial charge in [0, 0.05) is 11.4 Å². The number of fused-ring (bicyclic) bond motifs is 1. The van der Waals surface area contributed by atoms with Gasteiger partial charge in [0.25, 0.3) is 5.88 Å². The fourth-order valence-electron chi connectivity index (χ4n) is 2.89. The molecule has 0 saturated carbocycles. The molecule has 0 aliphatic carbocycles. The van der Waals surface area contributed by atoms with Crippen LogP contribution >= 0.6 is 0 Å². The number of halogens is 3. The summed E-state index contributed by atoms with van der Waals surface area (Å²) in [5.74, 6) is 0.134. The van der Waals surface area contributed by atoms with Gasteiger partial charge in [0.15, 0.2) is 0 Å². The van der Waals surface area contributed by atoms with Crippen molar-refractivity contribution in [2.75, 3.05) is 12.8 Å². The van der Waals surface area contributed by atoms with Crippen molar-refractivity contribution in [1.82, 2.24) is 19.2 Å². The van der Waals surface area contributed by atoms with Gasteiger partial charge in [-0.1, -0.05) is 0 Å². The maximum absolute atomic E-state index is 12.6. The monoisotopic (exact) mass is 383 g/mol. The molecule has 0 aromatic carbocycles. The van der Waals surface area contributed by atoms with Crippen molar-refractivity contribution < 1.29 is 22.9 Å². The van der Waals surface area contributed by atoms with Crippen LogP contribution in [0.5, 0.6) is 5.88 Å². The highest BCUT2D eigenvalue weighted by molar-refractivity contribution is 5.81. The van der Waals surface area contributed by atoms with Crippen LogP contribution in [-0.4, -0.2) is 32.5 Å². The molecule has 0 bridgehead atoms. The predicted octanol–water partition coefficient (Wildman–Crippen LogP) is 1.53. The Hall–Kier alpha value is -3.11. The highest BCUT2D eigenvalue weighted by Crippen LogP contribution is 2.31. The zero-order valence-corrected chi connectivity index (χ0v) is 14.9. The Bertz CT molecular complexity index is 1050. The van der Waals surface area contributed by atoms with E-state index in [-0.39, 0.29) is 17.5 Å². The summed E-state index contributed by atoms with van der Waals surface area (Å²) < 4.78 is 44.8. The van der Waals surface area contributed by atoms with Crippen LogP contribution in [0.25, 0.3) is 16.8 Å². The lowest BCUT2D eigenvalue weighted by molar-refractivity contribution is -0.379. The zero-order valence-electron chi connectivity index (χ0n) is 14.9. The van der Waals surface area contributed by atoms with Gasteiger partial charge in [-0.2, -0.15) is 17.9 Å². The van der Waals surface area contributed by atoms with Crippen molar-refractivity contribution >= 4 is 11.6 Å². The Morgan fingerprint density at radius 1 is 1.26 bits per heavy atom. The number of methoxy groups -OCH3 is 1. The first-order valence-electron chi connectivity index (χ1n) is 8.01. The van der Waals surface area contributed by atoms with Crippen molar-refractivity contribution in [2.45, 2.75) is 33.0 Å². The van der Waals surface area contributed by atoms with E-state index in [1.165, 1.54) is 7.11 Å². The number of nitrogens with zero attached hydrogens (tertiary/aromatic N) is 4. The average molecular weight is 383 g/mol. The molecule has 0 fully saturated rings. The SMILES string of the molecule is COc1[nH+]c(N)n2c(=O)n(CCC(F)(F)F)nc2c1-c1cc(C)nc(C)c1. The second kappa shape index (κ2) is 6.56. The van der Waals surface area contributed by atoms with Gasteiger partial charge in [0.1, 0.15) is 5.56 Å². The maximum atomic E-state index is 12.6. The minimum atomic E-state index is -4.41. The van der Waals surface area contributed by atoms with Crippen LogP contribution < -0.4 is 21.1 Å². The molecule has 0 unspecified atom stereocenters. The largest absolute Gasteiger partial charge is 0.471 e. The molecule has 144 valence electrons. The number of alkyl halides is 3. The lowest BCUT2D eigenvalue weighted by Gasteiger charge is -2.08. The normalized spacial score (nSPS) is 11.9. The van der Waals surface area contributed by atoms with Crippen molar-refractivity contribution in [1.29, 1.82) is 0 Å².